The first-order valence-electron chi connectivity index (χ1n) is 9.54. The molecular formula is C17H31N5O7. The fraction of sp³-hybridized carbons (Fsp3) is 0.765. The predicted octanol–water partition coefficient (Wildman–Crippen LogP) is -2.62. The third-order valence-corrected chi connectivity index (χ3v) is 4.69. The smallest absolute Gasteiger partial charge is 0.320 e. The molecule has 6 N–H and O–H groups in total. The van der Waals surface area contributed by atoms with Gasteiger partial charge in [-0.3, -0.25) is 33.9 Å². The van der Waals surface area contributed by atoms with Crippen molar-refractivity contribution >= 4 is 23.8 Å². The monoisotopic (exact) mass is 417 g/mol. The molecule has 12 heteroatoms. The number of rotatable bonds is 11. The van der Waals surface area contributed by atoms with E-state index in [1.165, 1.54) is 0 Å². The van der Waals surface area contributed by atoms with E-state index >= 15 is 0 Å². The summed E-state index contributed by atoms with van der Waals surface area (Å²) in [5, 5.41) is 30.4. The van der Waals surface area contributed by atoms with Crippen LogP contribution in [0.2, 0.25) is 0 Å². The summed E-state index contributed by atoms with van der Waals surface area (Å²) in [6.07, 6.45) is 0.106. The lowest BCUT2D eigenvalue weighted by Crippen LogP contribution is -2.47. The second-order valence-corrected chi connectivity index (χ2v) is 6.91. The molecule has 0 aromatic heterocycles. The lowest BCUT2D eigenvalue weighted by atomic mass is 10.1. The Hall–Kier alpha value is -2.28. The third-order valence-electron chi connectivity index (χ3n) is 4.69. The summed E-state index contributed by atoms with van der Waals surface area (Å²) < 4.78 is 0. The predicted molar refractivity (Wildman–Crippen MR) is 102 cm³/mol. The lowest BCUT2D eigenvalue weighted by Gasteiger charge is -2.30. The van der Waals surface area contributed by atoms with Gasteiger partial charge in [-0.05, 0) is 6.42 Å². The van der Waals surface area contributed by atoms with Crippen LogP contribution in [0.3, 0.4) is 0 Å². The maximum atomic E-state index is 11.8. The molecule has 1 rings (SSSR count). The van der Waals surface area contributed by atoms with Crippen molar-refractivity contribution in [2.75, 3.05) is 65.4 Å². The lowest BCUT2D eigenvalue weighted by molar-refractivity contribution is -0.144. The topological polar surface area (TPSA) is 177 Å². The third kappa shape index (κ3) is 10.2. The Morgan fingerprint density at radius 1 is 0.862 bits per heavy atom. The number of hydrogen-bond acceptors (Lipinski definition) is 8. The van der Waals surface area contributed by atoms with Gasteiger partial charge in [0.2, 0.25) is 5.91 Å². The van der Waals surface area contributed by atoms with Gasteiger partial charge in [0.05, 0.1) is 13.1 Å². The summed E-state index contributed by atoms with van der Waals surface area (Å²) in [5.74, 6) is -3.38. The molecule has 1 fully saturated rings. The van der Waals surface area contributed by atoms with Crippen molar-refractivity contribution in [3.05, 3.63) is 0 Å². The van der Waals surface area contributed by atoms with Gasteiger partial charge < -0.3 is 26.4 Å². The van der Waals surface area contributed by atoms with Crippen LogP contribution in [0.4, 0.5) is 0 Å². The number of hydrogen-bond donors (Lipinski definition) is 5. The summed E-state index contributed by atoms with van der Waals surface area (Å²) >= 11 is 0. The van der Waals surface area contributed by atoms with Crippen LogP contribution in [-0.4, -0.2) is 125 Å². The number of nitrogens with zero attached hydrogens (tertiary/aromatic N) is 3. The molecule has 0 unspecified atom stereocenters. The van der Waals surface area contributed by atoms with Crippen LogP contribution in [0, 0.1) is 0 Å². The van der Waals surface area contributed by atoms with Gasteiger partial charge in [-0.15, -0.1) is 0 Å². The number of carboxylic acids is 3. The van der Waals surface area contributed by atoms with E-state index in [1.807, 2.05) is 0 Å². The molecule has 0 spiro atoms. The van der Waals surface area contributed by atoms with E-state index in [0.717, 1.165) is 0 Å². The number of amides is 1. The largest absolute Gasteiger partial charge is 0.480 e. The van der Waals surface area contributed by atoms with Gasteiger partial charge in [0, 0.05) is 58.8 Å². The van der Waals surface area contributed by atoms with E-state index in [1.54, 1.807) is 14.7 Å². The molecule has 0 saturated carbocycles. The van der Waals surface area contributed by atoms with Gasteiger partial charge in [-0.25, -0.2) is 0 Å². The van der Waals surface area contributed by atoms with Crippen molar-refractivity contribution in [1.29, 1.82) is 0 Å². The van der Waals surface area contributed by atoms with Gasteiger partial charge >= 0.3 is 17.9 Å². The minimum Gasteiger partial charge on any atom is -0.480 e. The first-order chi connectivity index (χ1) is 13.7. The van der Waals surface area contributed by atoms with Crippen LogP contribution in [0.1, 0.15) is 12.8 Å². The van der Waals surface area contributed by atoms with Crippen molar-refractivity contribution in [3.63, 3.8) is 0 Å². The minimum absolute atomic E-state index is 0.0190. The van der Waals surface area contributed by atoms with Crippen molar-refractivity contribution in [3.8, 4) is 0 Å². The van der Waals surface area contributed by atoms with E-state index in [9.17, 15) is 24.3 Å². The highest BCUT2D eigenvalue weighted by Crippen LogP contribution is 2.11. The van der Waals surface area contributed by atoms with Crippen LogP contribution in [0.25, 0.3) is 0 Å². The molecule has 1 aliphatic rings. The molecule has 0 aromatic carbocycles. The molecule has 1 atom stereocenters. The number of nitrogens with one attached hydrogen (secondary N) is 1. The molecule has 0 radical (unpaired) electrons. The quantitative estimate of drug-likeness (QED) is 0.238. The van der Waals surface area contributed by atoms with Gasteiger partial charge in [0.1, 0.15) is 6.04 Å². The average Bonchev–Trinajstić information content (AvgIpc) is 2.71. The van der Waals surface area contributed by atoms with Crippen LogP contribution in [0.15, 0.2) is 0 Å². The Morgan fingerprint density at radius 3 is 1.76 bits per heavy atom. The maximum Gasteiger partial charge on any atom is 0.320 e. The average molecular weight is 417 g/mol. The summed E-state index contributed by atoms with van der Waals surface area (Å²) in [4.78, 5) is 50.8. The van der Waals surface area contributed by atoms with Crippen LogP contribution in [-0.2, 0) is 19.2 Å². The van der Waals surface area contributed by atoms with Crippen molar-refractivity contribution in [2.24, 2.45) is 5.73 Å². The molecule has 0 bridgehead atoms. The zero-order valence-corrected chi connectivity index (χ0v) is 16.5. The van der Waals surface area contributed by atoms with Crippen LogP contribution in [0.5, 0.6) is 0 Å². The Labute approximate surface area is 169 Å². The van der Waals surface area contributed by atoms with E-state index in [-0.39, 0.29) is 31.8 Å². The number of carboxylic acid groups (broad SMARTS) is 3. The molecule has 1 aliphatic heterocycles. The Kier molecular flexibility index (Phi) is 11.1. The second-order valence-electron chi connectivity index (χ2n) is 6.91. The van der Waals surface area contributed by atoms with Crippen LogP contribution >= 0.6 is 0 Å². The fourth-order valence-electron chi connectivity index (χ4n) is 3.20. The Morgan fingerprint density at radius 2 is 1.34 bits per heavy atom. The molecule has 1 amide bonds. The Bertz CT molecular complexity index is 546. The van der Waals surface area contributed by atoms with E-state index < -0.39 is 23.9 Å². The molecule has 1 saturated heterocycles. The Balaban J connectivity index is 2.85. The highest BCUT2D eigenvalue weighted by atomic mass is 16.4. The van der Waals surface area contributed by atoms with Gasteiger partial charge in [-0.1, -0.05) is 0 Å². The van der Waals surface area contributed by atoms with Crippen molar-refractivity contribution in [2.45, 2.75) is 18.9 Å². The molecular weight excluding hydrogens is 386 g/mol. The molecule has 12 nitrogen and oxygen atoms in total. The van der Waals surface area contributed by atoms with E-state index in [4.69, 9.17) is 15.9 Å². The normalized spacial score (nSPS) is 18.2. The fourth-order valence-corrected chi connectivity index (χ4v) is 3.20. The first-order valence-corrected chi connectivity index (χ1v) is 9.54. The summed E-state index contributed by atoms with van der Waals surface area (Å²) in [5.41, 5.74) is 5.33. The number of aliphatic carboxylic acids is 3. The maximum absolute atomic E-state index is 11.8. The SMILES string of the molecule is NCCNC(=O)CC[C@H](C(=O)O)N1CCN(CC(=O)O)CCN(CC(=O)O)CC1. The van der Waals surface area contributed by atoms with Gasteiger partial charge in [-0.2, -0.15) is 0 Å². The molecule has 0 aliphatic carbocycles. The minimum atomic E-state index is -1.08. The van der Waals surface area contributed by atoms with Crippen LogP contribution < -0.4 is 11.1 Å². The highest BCUT2D eigenvalue weighted by Gasteiger charge is 2.28. The number of nitrogens with two attached hydrogens (primary N) is 1. The van der Waals surface area contributed by atoms with Gasteiger partial charge in [0.15, 0.2) is 0 Å². The number of carbonyl (C=O) groups is 4. The molecule has 1 heterocycles. The second kappa shape index (κ2) is 13.0. The zero-order valence-electron chi connectivity index (χ0n) is 16.5. The highest BCUT2D eigenvalue weighted by molar-refractivity contribution is 5.78. The zero-order chi connectivity index (χ0) is 21.8. The standard InChI is InChI=1S/C17H31N5O7/c18-3-4-19-14(23)2-1-13(17(28)29)22-9-7-20(11-15(24)25)5-6-21(8-10-22)12-16(26)27/h13H,1-12,18H2,(H,19,23)(H,24,25)(H,26,27)(H,28,29)/t13-/m1/s1. The van der Waals surface area contributed by atoms with Crippen molar-refractivity contribution < 1.29 is 34.5 Å². The molecule has 29 heavy (non-hydrogen) atoms. The first kappa shape index (κ1) is 24.8. The summed E-state index contributed by atoms with van der Waals surface area (Å²) in [6, 6.07) is -0.935. The molecule has 0 aromatic rings. The molecule has 166 valence electrons. The van der Waals surface area contributed by atoms with Gasteiger partial charge in [0.25, 0.3) is 0 Å². The summed E-state index contributed by atoms with van der Waals surface area (Å²) in [7, 11) is 0. The number of carbonyl (C=O) groups excluding carboxylic acids is 1. The summed E-state index contributed by atoms with van der Waals surface area (Å²) in [6.45, 7) is 2.17. The van der Waals surface area contributed by atoms with E-state index in [2.05, 4.69) is 5.32 Å². The van der Waals surface area contributed by atoms with E-state index in [0.29, 0.717) is 52.4 Å². The van der Waals surface area contributed by atoms with Crippen molar-refractivity contribution in [1.82, 2.24) is 20.0 Å².